The Balaban J connectivity index is 2.40. The fraction of sp³-hybridized carbons (Fsp3) is 0.154. The zero-order valence-electron chi connectivity index (χ0n) is 10.4. The van der Waals surface area contributed by atoms with Crippen LogP contribution in [-0.4, -0.2) is 19.7 Å². The van der Waals surface area contributed by atoms with Gasteiger partial charge in [-0.2, -0.15) is 5.10 Å². The average molecular weight is 274 g/mol. The summed E-state index contributed by atoms with van der Waals surface area (Å²) in [4.78, 5) is 4.25. The van der Waals surface area contributed by atoms with Gasteiger partial charge in [-0.1, -0.05) is 6.07 Å². The molecule has 3 aromatic rings. The molecule has 0 spiro atoms. The molecule has 0 saturated carbocycles. The fourth-order valence-corrected chi connectivity index (χ4v) is 2.20. The number of benzene rings is 1. The van der Waals surface area contributed by atoms with E-state index in [1.54, 1.807) is 10.6 Å². The third-order valence-electron chi connectivity index (χ3n) is 3.07. The van der Waals surface area contributed by atoms with Crippen LogP contribution in [-0.2, 0) is 7.05 Å². The number of nitrogens with zero attached hydrogens (tertiary/aromatic N) is 3. The quantitative estimate of drug-likeness (QED) is 0.693. The van der Waals surface area contributed by atoms with Gasteiger partial charge in [0.05, 0.1) is 0 Å². The molecule has 0 fully saturated rings. The van der Waals surface area contributed by atoms with Crippen molar-refractivity contribution in [2.75, 3.05) is 0 Å². The summed E-state index contributed by atoms with van der Waals surface area (Å²) in [7, 11) is 1.82. The number of fused-ring (bicyclic) bond motifs is 1. The first-order valence-electron chi connectivity index (χ1n) is 5.75. The van der Waals surface area contributed by atoms with Crippen LogP contribution >= 0.6 is 12.2 Å². The largest absolute Gasteiger partial charge is 0.303 e. The van der Waals surface area contributed by atoms with E-state index in [2.05, 4.69) is 15.2 Å². The molecule has 2 aromatic heterocycles. The molecule has 0 radical (unpaired) electrons. The lowest BCUT2D eigenvalue weighted by atomic mass is 10.1. The van der Waals surface area contributed by atoms with E-state index in [0.717, 1.165) is 16.6 Å². The molecule has 0 aliphatic heterocycles. The van der Waals surface area contributed by atoms with Gasteiger partial charge < -0.3 is 4.57 Å². The van der Waals surface area contributed by atoms with E-state index < -0.39 is 0 Å². The van der Waals surface area contributed by atoms with Crippen molar-refractivity contribution in [1.29, 1.82) is 0 Å². The molecular weight excluding hydrogens is 263 g/mol. The van der Waals surface area contributed by atoms with Crippen LogP contribution in [0.3, 0.4) is 0 Å². The van der Waals surface area contributed by atoms with Crippen LogP contribution in [0, 0.1) is 17.5 Å². The van der Waals surface area contributed by atoms with Crippen molar-refractivity contribution < 1.29 is 4.39 Å². The molecule has 0 aliphatic carbocycles. The van der Waals surface area contributed by atoms with Gasteiger partial charge in [-0.05, 0) is 37.3 Å². The van der Waals surface area contributed by atoms with E-state index in [1.165, 1.54) is 6.07 Å². The lowest BCUT2D eigenvalue weighted by molar-refractivity contribution is 0.636. The molecule has 19 heavy (non-hydrogen) atoms. The summed E-state index contributed by atoms with van der Waals surface area (Å²) in [5.41, 5.74) is 1.93. The van der Waals surface area contributed by atoms with Crippen LogP contribution < -0.4 is 0 Å². The maximum atomic E-state index is 13.8. The minimum absolute atomic E-state index is 0.334. The molecule has 0 bridgehead atoms. The van der Waals surface area contributed by atoms with Crippen LogP contribution in [0.25, 0.3) is 22.3 Å². The van der Waals surface area contributed by atoms with E-state index in [9.17, 15) is 4.39 Å². The van der Waals surface area contributed by atoms with Crippen molar-refractivity contribution in [3.63, 3.8) is 0 Å². The summed E-state index contributed by atoms with van der Waals surface area (Å²) in [5.74, 6) is 0.333. The molecule has 0 saturated heterocycles. The number of aromatic amines is 1. The normalized spacial score (nSPS) is 11.1. The third-order valence-corrected chi connectivity index (χ3v) is 3.43. The molecule has 0 atom stereocenters. The highest BCUT2D eigenvalue weighted by Gasteiger charge is 2.13. The van der Waals surface area contributed by atoms with Crippen LogP contribution in [0.15, 0.2) is 24.3 Å². The number of hydrogen-bond donors (Lipinski definition) is 1. The second kappa shape index (κ2) is 4.24. The van der Waals surface area contributed by atoms with E-state index >= 15 is 0 Å². The van der Waals surface area contributed by atoms with Crippen molar-refractivity contribution in [2.45, 2.75) is 6.92 Å². The first-order valence-corrected chi connectivity index (χ1v) is 6.16. The first-order chi connectivity index (χ1) is 9.08. The summed E-state index contributed by atoms with van der Waals surface area (Å²) in [6.45, 7) is 1.83. The monoisotopic (exact) mass is 274 g/mol. The molecule has 0 amide bonds. The van der Waals surface area contributed by atoms with Gasteiger partial charge in [0, 0.05) is 23.7 Å². The minimum Gasteiger partial charge on any atom is -0.303 e. The van der Waals surface area contributed by atoms with Crippen molar-refractivity contribution in [3.05, 3.63) is 40.5 Å². The maximum Gasteiger partial charge on any atom is 0.195 e. The Kier molecular flexibility index (Phi) is 2.67. The Morgan fingerprint density at radius 3 is 2.74 bits per heavy atom. The molecule has 6 heteroatoms. The van der Waals surface area contributed by atoms with Crippen LogP contribution in [0.5, 0.6) is 0 Å². The van der Waals surface area contributed by atoms with Gasteiger partial charge in [0.25, 0.3) is 0 Å². The molecule has 0 unspecified atom stereocenters. The Morgan fingerprint density at radius 1 is 1.26 bits per heavy atom. The molecule has 96 valence electrons. The second-order valence-electron chi connectivity index (χ2n) is 4.36. The molecular formula is C13H11FN4S. The van der Waals surface area contributed by atoms with Crippen molar-refractivity contribution in [1.82, 2.24) is 19.7 Å². The highest BCUT2D eigenvalue weighted by Crippen LogP contribution is 2.28. The summed E-state index contributed by atoms with van der Waals surface area (Å²) >= 11 is 5.10. The summed E-state index contributed by atoms with van der Waals surface area (Å²) < 4.78 is 16.1. The Labute approximate surface area is 113 Å². The fourth-order valence-electron chi connectivity index (χ4n) is 2.06. The highest BCUT2D eigenvalue weighted by molar-refractivity contribution is 7.71. The molecule has 1 N–H and O–H groups in total. The number of pyridine rings is 1. The first kappa shape index (κ1) is 12.0. The second-order valence-corrected chi connectivity index (χ2v) is 4.74. The lowest BCUT2D eigenvalue weighted by Crippen LogP contribution is -1.96. The van der Waals surface area contributed by atoms with Crippen LogP contribution in [0.1, 0.15) is 5.69 Å². The maximum absolute atomic E-state index is 13.8. The number of halogens is 1. The van der Waals surface area contributed by atoms with Gasteiger partial charge >= 0.3 is 0 Å². The zero-order chi connectivity index (χ0) is 13.6. The zero-order valence-corrected chi connectivity index (χ0v) is 11.3. The average Bonchev–Trinajstić information content (AvgIpc) is 2.72. The van der Waals surface area contributed by atoms with Gasteiger partial charge in [-0.3, -0.25) is 10.1 Å². The van der Waals surface area contributed by atoms with Crippen molar-refractivity contribution in [2.24, 2.45) is 7.05 Å². The Bertz CT molecular complexity index is 834. The van der Waals surface area contributed by atoms with Gasteiger partial charge in [-0.15, -0.1) is 0 Å². The van der Waals surface area contributed by atoms with E-state index in [0.29, 0.717) is 16.1 Å². The van der Waals surface area contributed by atoms with E-state index in [-0.39, 0.29) is 5.82 Å². The number of hydrogen-bond acceptors (Lipinski definition) is 3. The lowest BCUT2D eigenvalue weighted by Gasteiger charge is -2.07. The topological polar surface area (TPSA) is 46.5 Å². The third kappa shape index (κ3) is 1.84. The Morgan fingerprint density at radius 2 is 2.05 bits per heavy atom. The van der Waals surface area contributed by atoms with Crippen LogP contribution in [0.2, 0.25) is 0 Å². The number of nitrogens with one attached hydrogen (secondary N) is 1. The van der Waals surface area contributed by atoms with Crippen molar-refractivity contribution in [3.8, 4) is 11.4 Å². The van der Waals surface area contributed by atoms with E-state index in [1.807, 2.05) is 26.1 Å². The van der Waals surface area contributed by atoms with Crippen LogP contribution in [0.4, 0.5) is 4.39 Å². The summed E-state index contributed by atoms with van der Waals surface area (Å²) in [6, 6.07) is 6.81. The van der Waals surface area contributed by atoms with Gasteiger partial charge in [-0.25, -0.2) is 4.39 Å². The number of aromatic nitrogens is 4. The smallest absolute Gasteiger partial charge is 0.195 e. The molecule has 2 heterocycles. The van der Waals surface area contributed by atoms with E-state index in [4.69, 9.17) is 12.2 Å². The van der Waals surface area contributed by atoms with Gasteiger partial charge in [0.15, 0.2) is 10.6 Å². The molecule has 3 rings (SSSR count). The molecule has 1 aromatic carbocycles. The highest BCUT2D eigenvalue weighted by atomic mass is 32.1. The summed E-state index contributed by atoms with van der Waals surface area (Å²) in [5, 5.41) is 7.64. The Hall–Kier alpha value is -2.08. The molecule has 0 aliphatic rings. The van der Waals surface area contributed by atoms with Gasteiger partial charge in [0.1, 0.15) is 11.3 Å². The number of aryl methyl sites for hydroxylation is 1. The molecule has 4 nitrogen and oxygen atoms in total. The standard InChI is InChI=1S/C13H11FN4S/c1-7-3-4-8-9(5-6-10(14)11(8)15-7)12-16-17-13(19)18(12)2/h3-6H,1-2H3,(H,17,19). The minimum atomic E-state index is -0.334. The number of H-pyrrole nitrogens is 1. The van der Waals surface area contributed by atoms with Gasteiger partial charge in [0.2, 0.25) is 0 Å². The SMILES string of the molecule is Cc1ccc2c(-c3n[nH]c(=S)n3C)ccc(F)c2n1. The predicted molar refractivity (Wildman–Crippen MR) is 73.8 cm³/mol. The predicted octanol–water partition coefficient (Wildman–Crippen LogP) is 3.14. The number of rotatable bonds is 1. The summed E-state index contributed by atoms with van der Waals surface area (Å²) in [6.07, 6.45) is 0. The van der Waals surface area contributed by atoms with Crippen molar-refractivity contribution >= 4 is 23.1 Å².